The van der Waals surface area contributed by atoms with E-state index in [2.05, 4.69) is 18.2 Å². The Bertz CT molecular complexity index is 132. The first-order chi connectivity index (χ1) is 5.81. The van der Waals surface area contributed by atoms with Gasteiger partial charge in [0.1, 0.15) is 6.61 Å². The highest BCUT2D eigenvalue weighted by molar-refractivity contribution is 5.59. The summed E-state index contributed by atoms with van der Waals surface area (Å²) in [5, 5.41) is 0. The van der Waals surface area contributed by atoms with Gasteiger partial charge >= 0.3 is 6.16 Å². The van der Waals surface area contributed by atoms with Crippen molar-refractivity contribution in [2.24, 2.45) is 0 Å². The molecule has 0 radical (unpaired) electrons. The van der Waals surface area contributed by atoms with Crippen LogP contribution in [0.4, 0.5) is 4.79 Å². The fourth-order valence-electron chi connectivity index (χ4n) is 0.676. The third-order valence-corrected chi connectivity index (χ3v) is 1.29. The topological polar surface area (TPSA) is 35.5 Å². The van der Waals surface area contributed by atoms with E-state index in [0.29, 0.717) is 6.61 Å². The molecule has 0 aliphatic heterocycles. The van der Waals surface area contributed by atoms with Crippen LogP contribution in [0.1, 0.15) is 26.2 Å². The van der Waals surface area contributed by atoms with Crippen LogP contribution in [0.5, 0.6) is 0 Å². The predicted molar refractivity (Wildman–Crippen MR) is 47.0 cm³/mol. The predicted octanol–water partition coefficient (Wildman–Crippen LogP) is 2.52. The molecule has 0 amide bonds. The summed E-state index contributed by atoms with van der Waals surface area (Å²) >= 11 is 0. The van der Waals surface area contributed by atoms with Gasteiger partial charge in [-0.25, -0.2) is 4.79 Å². The molecular formula is C9H16O3. The molecule has 12 heavy (non-hydrogen) atoms. The number of carbonyl (C=O) groups excluding carboxylic acids is 1. The molecule has 0 aromatic carbocycles. The van der Waals surface area contributed by atoms with E-state index in [1.165, 1.54) is 6.08 Å². The molecule has 0 aromatic rings. The molecule has 0 heterocycles. The van der Waals surface area contributed by atoms with Crippen molar-refractivity contribution < 1.29 is 14.3 Å². The third kappa shape index (κ3) is 7.12. The molecule has 0 atom stereocenters. The van der Waals surface area contributed by atoms with Crippen molar-refractivity contribution in [3.8, 4) is 0 Å². The number of ether oxygens (including phenoxy) is 2. The summed E-state index contributed by atoms with van der Waals surface area (Å²) in [6, 6.07) is 0. The lowest BCUT2D eigenvalue weighted by atomic mass is 10.3. The van der Waals surface area contributed by atoms with Gasteiger partial charge in [0.05, 0.1) is 6.61 Å². The zero-order valence-corrected chi connectivity index (χ0v) is 7.54. The largest absolute Gasteiger partial charge is 0.508 e. The molecule has 0 unspecified atom stereocenters. The van der Waals surface area contributed by atoms with E-state index in [-0.39, 0.29) is 6.61 Å². The summed E-state index contributed by atoms with van der Waals surface area (Å²) in [6.07, 6.45) is 4.00. The summed E-state index contributed by atoms with van der Waals surface area (Å²) in [4.78, 5) is 10.7. The lowest BCUT2D eigenvalue weighted by molar-refractivity contribution is 0.0621. The van der Waals surface area contributed by atoms with Crippen molar-refractivity contribution in [2.45, 2.75) is 26.2 Å². The standard InChI is InChI=1S/C9H16O3/c1-3-5-6-8-12-9(10)11-7-4-2/h4H,2-3,5-8H2,1H3. The number of hydrogen-bond donors (Lipinski definition) is 0. The normalized spacial score (nSPS) is 9.08. The minimum Gasteiger partial charge on any atom is -0.434 e. The fourth-order valence-corrected chi connectivity index (χ4v) is 0.676. The van der Waals surface area contributed by atoms with Gasteiger partial charge in [0, 0.05) is 0 Å². The molecule has 3 nitrogen and oxygen atoms in total. The van der Waals surface area contributed by atoms with Gasteiger partial charge in [-0.1, -0.05) is 32.4 Å². The zero-order valence-electron chi connectivity index (χ0n) is 7.54. The highest BCUT2D eigenvalue weighted by Crippen LogP contribution is 1.95. The molecule has 0 aliphatic carbocycles. The maximum atomic E-state index is 10.7. The minimum atomic E-state index is -0.606. The van der Waals surface area contributed by atoms with Crippen molar-refractivity contribution in [3.63, 3.8) is 0 Å². The summed E-state index contributed by atoms with van der Waals surface area (Å²) < 4.78 is 9.33. The average Bonchev–Trinajstić information content (AvgIpc) is 2.09. The SMILES string of the molecule is C=CCOC(=O)OCCCCC. The second kappa shape index (κ2) is 8.11. The van der Waals surface area contributed by atoms with Crippen molar-refractivity contribution in [2.75, 3.05) is 13.2 Å². The second-order valence-electron chi connectivity index (χ2n) is 2.41. The van der Waals surface area contributed by atoms with Gasteiger partial charge in [0.15, 0.2) is 0 Å². The average molecular weight is 172 g/mol. The van der Waals surface area contributed by atoms with Crippen molar-refractivity contribution >= 4 is 6.16 Å². The second-order valence-corrected chi connectivity index (χ2v) is 2.41. The molecule has 3 heteroatoms. The van der Waals surface area contributed by atoms with E-state index in [0.717, 1.165) is 19.3 Å². The van der Waals surface area contributed by atoms with Crippen LogP contribution in [0, 0.1) is 0 Å². The molecule has 0 rings (SSSR count). The molecular weight excluding hydrogens is 156 g/mol. The Hall–Kier alpha value is -0.990. The lowest BCUT2D eigenvalue weighted by Gasteiger charge is -2.02. The van der Waals surface area contributed by atoms with E-state index in [1.54, 1.807) is 0 Å². The smallest absolute Gasteiger partial charge is 0.434 e. The monoisotopic (exact) mass is 172 g/mol. The Morgan fingerprint density at radius 2 is 2.17 bits per heavy atom. The molecule has 0 bridgehead atoms. The van der Waals surface area contributed by atoms with Crippen LogP contribution in [0.2, 0.25) is 0 Å². The van der Waals surface area contributed by atoms with E-state index in [1.807, 2.05) is 0 Å². The van der Waals surface area contributed by atoms with Crippen LogP contribution in [0.25, 0.3) is 0 Å². The lowest BCUT2D eigenvalue weighted by Crippen LogP contribution is -2.08. The van der Waals surface area contributed by atoms with Crippen molar-refractivity contribution in [1.29, 1.82) is 0 Å². The van der Waals surface area contributed by atoms with Gasteiger partial charge in [-0.05, 0) is 6.42 Å². The molecule has 70 valence electrons. The number of rotatable bonds is 6. The Balaban J connectivity index is 3.13. The van der Waals surface area contributed by atoms with Gasteiger partial charge in [0.25, 0.3) is 0 Å². The van der Waals surface area contributed by atoms with Gasteiger partial charge < -0.3 is 9.47 Å². The number of carbonyl (C=O) groups is 1. The van der Waals surface area contributed by atoms with Gasteiger partial charge in [-0.3, -0.25) is 0 Å². The van der Waals surface area contributed by atoms with Crippen LogP contribution in [0.3, 0.4) is 0 Å². The van der Waals surface area contributed by atoms with E-state index in [9.17, 15) is 4.79 Å². The summed E-state index contributed by atoms with van der Waals surface area (Å²) in [5.74, 6) is 0. The summed E-state index contributed by atoms with van der Waals surface area (Å²) in [7, 11) is 0. The van der Waals surface area contributed by atoms with Gasteiger partial charge in [-0.15, -0.1) is 0 Å². The first kappa shape index (κ1) is 11.0. The van der Waals surface area contributed by atoms with E-state index < -0.39 is 6.16 Å². The molecule has 0 spiro atoms. The number of unbranched alkanes of at least 4 members (excludes halogenated alkanes) is 2. The van der Waals surface area contributed by atoms with E-state index >= 15 is 0 Å². The maximum absolute atomic E-state index is 10.7. The molecule has 0 saturated heterocycles. The van der Waals surface area contributed by atoms with Crippen LogP contribution < -0.4 is 0 Å². The van der Waals surface area contributed by atoms with Gasteiger partial charge in [0.2, 0.25) is 0 Å². The quantitative estimate of drug-likeness (QED) is 0.351. The molecule has 0 saturated carbocycles. The highest BCUT2D eigenvalue weighted by Gasteiger charge is 2.00. The van der Waals surface area contributed by atoms with Crippen molar-refractivity contribution in [1.82, 2.24) is 0 Å². The van der Waals surface area contributed by atoms with E-state index in [4.69, 9.17) is 4.74 Å². The third-order valence-electron chi connectivity index (χ3n) is 1.29. The first-order valence-electron chi connectivity index (χ1n) is 4.21. The number of hydrogen-bond acceptors (Lipinski definition) is 3. The Kier molecular flexibility index (Phi) is 7.44. The first-order valence-corrected chi connectivity index (χ1v) is 4.21. The van der Waals surface area contributed by atoms with Crippen LogP contribution in [0.15, 0.2) is 12.7 Å². The molecule has 0 aliphatic rings. The summed E-state index contributed by atoms with van der Waals surface area (Å²) in [5.41, 5.74) is 0. The van der Waals surface area contributed by atoms with Crippen LogP contribution in [-0.2, 0) is 9.47 Å². The van der Waals surface area contributed by atoms with Crippen LogP contribution in [-0.4, -0.2) is 19.4 Å². The Morgan fingerprint density at radius 1 is 1.42 bits per heavy atom. The van der Waals surface area contributed by atoms with Crippen LogP contribution >= 0.6 is 0 Å². The molecule has 0 fully saturated rings. The summed E-state index contributed by atoms with van der Waals surface area (Å²) in [6.45, 7) is 6.17. The molecule has 0 aromatic heterocycles. The van der Waals surface area contributed by atoms with Crippen molar-refractivity contribution in [3.05, 3.63) is 12.7 Å². The zero-order chi connectivity index (χ0) is 9.23. The molecule has 0 N–H and O–H groups in total. The fraction of sp³-hybridized carbons (Fsp3) is 0.667. The maximum Gasteiger partial charge on any atom is 0.508 e. The minimum absolute atomic E-state index is 0.215. The Morgan fingerprint density at radius 3 is 2.75 bits per heavy atom. The Labute approximate surface area is 73.4 Å². The highest BCUT2D eigenvalue weighted by atomic mass is 16.7. The van der Waals surface area contributed by atoms with Gasteiger partial charge in [-0.2, -0.15) is 0 Å².